The van der Waals surface area contributed by atoms with Crippen LogP contribution in [0, 0.1) is 35.5 Å². The van der Waals surface area contributed by atoms with Crippen LogP contribution in [0.3, 0.4) is 0 Å². The second-order valence-electron chi connectivity index (χ2n) is 15.6. The van der Waals surface area contributed by atoms with Crippen LogP contribution in [0.15, 0.2) is 0 Å². The Kier molecular flexibility index (Phi) is 29.8. The van der Waals surface area contributed by atoms with Gasteiger partial charge in [-0.15, -0.1) is 0 Å². The first-order valence-electron chi connectivity index (χ1n) is 19.9. The van der Waals surface area contributed by atoms with Crippen molar-refractivity contribution < 1.29 is 9.53 Å². The van der Waals surface area contributed by atoms with E-state index in [1.54, 1.807) is 0 Å². The molecular weight excluding hydrogens is 524 g/mol. The van der Waals surface area contributed by atoms with E-state index in [0.717, 1.165) is 49.4 Å². The third-order valence-corrected chi connectivity index (χ3v) is 9.69. The van der Waals surface area contributed by atoms with Gasteiger partial charge in [0, 0.05) is 0 Å². The fraction of sp³-hybridized carbons (Fsp3) is 0.976. The molecule has 0 aromatic carbocycles. The summed E-state index contributed by atoms with van der Waals surface area (Å²) in [5.41, 5.74) is 0. The normalized spacial score (nSPS) is 14.1. The molecule has 0 aromatic rings. The molecule has 0 fully saturated rings. The van der Waals surface area contributed by atoms with Crippen molar-refractivity contribution in [1.29, 1.82) is 0 Å². The Balaban J connectivity index is 4.34. The summed E-state index contributed by atoms with van der Waals surface area (Å²) in [7, 11) is 0. The SMILES string of the molecule is CCCCCCCCC(CCC(C)C)C(=O)OCCCCCCCCC(CC(C)C)C(CCCCCCCC)CC(C)C. The number of rotatable bonds is 32. The molecule has 43 heavy (non-hydrogen) atoms. The molecule has 0 bridgehead atoms. The van der Waals surface area contributed by atoms with Gasteiger partial charge in [-0.3, -0.25) is 4.79 Å². The first-order valence-corrected chi connectivity index (χ1v) is 19.9. The third-order valence-electron chi connectivity index (χ3n) is 9.69. The lowest BCUT2D eigenvalue weighted by Gasteiger charge is -2.30. The number of hydrogen-bond donors (Lipinski definition) is 0. The standard InChI is InChI=1S/C41H82O2/c1-9-11-13-15-19-23-27-38(31-30-35(3)4)41(42)43-32-26-22-18-17-21-25-29-40(34-37(7)8)39(33-36(5)6)28-24-20-16-14-12-10-2/h35-40H,9-34H2,1-8H3. The lowest BCUT2D eigenvalue weighted by atomic mass is 9.75. The van der Waals surface area contributed by atoms with E-state index in [1.807, 2.05) is 0 Å². The number of carbonyl (C=O) groups is 1. The first-order chi connectivity index (χ1) is 20.7. The van der Waals surface area contributed by atoms with Crippen LogP contribution in [-0.4, -0.2) is 12.6 Å². The highest BCUT2D eigenvalue weighted by molar-refractivity contribution is 5.72. The molecular formula is C41H82O2. The molecule has 0 radical (unpaired) electrons. The van der Waals surface area contributed by atoms with Gasteiger partial charge in [0.1, 0.15) is 0 Å². The minimum Gasteiger partial charge on any atom is -0.465 e. The number of hydrogen-bond acceptors (Lipinski definition) is 2. The Hall–Kier alpha value is -0.530. The largest absolute Gasteiger partial charge is 0.465 e. The Morgan fingerprint density at radius 2 is 0.837 bits per heavy atom. The summed E-state index contributed by atoms with van der Waals surface area (Å²) in [5.74, 6) is 4.32. The van der Waals surface area contributed by atoms with E-state index in [1.165, 1.54) is 135 Å². The van der Waals surface area contributed by atoms with Crippen molar-refractivity contribution in [1.82, 2.24) is 0 Å². The van der Waals surface area contributed by atoms with Crippen molar-refractivity contribution in [3.63, 3.8) is 0 Å². The van der Waals surface area contributed by atoms with Crippen LogP contribution < -0.4 is 0 Å². The Morgan fingerprint density at radius 3 is 1.26 bits per heavy atom. The van der Waals surface area contributed by atoms with Gasteiger partial charge in [0.05, 0.1) is 12.5 Å². The van der Waals surface area contributed by atoms with Crippen LogP contribution in [0.25, 0.3) is 0 Å². The summed E-state index contributed by atoms with van der Waals surface area (Å²) in [6.07, 6.45) is 32.7. The van der Waals surface area contributed by atoms with Crippen LogP contribution in [0.5, 0.6) is 0 Å². The molecule has 0 N–H and O–H groups in total. The summed E-state index contributed by atoms with van der Waals surface area (Å²) >= 11 is 0. The van der Waals surface area contributed by atoms with Gasteiger partial charge in [0.25, 0.3) is 0 Å². The zero-order chi connectivity index (χ0) is 32.1. The van der Waals surface area contributed by atoms with E-state index in [0.29, 0.717) is 12.5 Å². The molecule has 258 valence electrons. The summed E-state index contributed by atoms with van der Waals surface area (Å²) in [5, 5.41) is 0. The van der Waals surface area contributed by atoms with Crippen LogP contribution in [0.1, 0.15) is 216 Å². The average molecular weight is 607 g/mol. The molecule has 0 saturated heterocycles. The van der Waals surface area contributed by atoms with Crippen molar-refractivity contribution in [3.05, 3.63) is 0 Å². The Bertz CT molecular complexity index is 580. The average Bonchev–Trinajstić information content (AvgIpc) is 2.95. The van der Waals surface area contributed by atoms with Crippen molar-refractivity contribution >= 4 is 5.97 Å². The van der Waals surface area contributed by atoms with E-state index in [2.05, 4.69) is 55.4 Å². The quantitative estimate of drug-likeness (QED) is 0.0562. The van der Waals surface area contributed by atoms with Gasteiger partial charge in [-0.25, -0.2) is 0 Å². The Labute approximate surface area is 273 Å². The maximum absolute atomic E-state index is 12.9. The highest BCUT2D eigenvalue weighted by Gasteiger charge is 2.23. The lowest BCUT2D eigenvalue weighted by molar-refractivity contribution is -0.149. The van der Waals surface area contributed by atoms with Crippen LogP contribution in [0.2, 0.25) is 0 Å². The van der Waals surface area contributed by atoms with Crippen LogP contribution >= 0.6 is 0 Å². The van der Waals surface area contributed by atoms with Gasteiger partial charge in [-0.2, -0.15) is 0 Å². The third kappa shape index (κ3) is 27.5. The molecule has 0 aliphatic heterocycles. The molecule has 0 aromatic heterocycles. The minimum atomic E-state index is 0.0855. The second kappa shape index (κ2) is 30.1. The van der Waals surface area contributed by atoms with Crippen molar-refractivity contribution in [2.24, 2.45) is 35.5 Å². The van der Waals surface area contributed by atoms with Crippen LogP contribution in [-0.2, 0) is 9.53 Å². The summed E-state index contributed by atoms with van der Waals surface area (Å²) < 4.78 is 5.81. The van der Waals surface area contributed by atoms with E-state index in [9.17, 15) is 4.79 Å². The molecule has 3 atom stereocenters. The molecule has 0 rings (SSSR count). The second-order valence-corrected chi connectivity index (χ2v) is 15.6. The zero-order valence-electron chi connectivity index (χ0n) is 31.2. The predicted octanol–water partition coefficient (Wildman–Crippen LogP) is 14.1. The molecule has 0 aliphatic rings. The van der Waals surface area contributed by atoms with E-state index in [4.69, 9.17) is 4.74 Å². The molecule has 3 unspecified atom stereocenters. The topological polar surface area (TPSA) is 26.3 Å². The summed E-state index contributed by atoms with van der Waals surface area (Å²) in [6.45, 7) is 19.4. The number of unbranched alkanes of at least 4 members (excludes halogenated alkanes) is 15. The van der Waals surface area contributed by atoms with Gasteiger partial charge >= 0.3 is 5.97 Å². The van der Waals surface area contributed by atoms with Gasteiger partial charge < -0.3 is 4.74 Å². The highest BCUT2D eigenvalue weighted by atomic mass is 16.5. The van der Waals surface area contributed by atoms with E-state index in [-0.39, 0.29) is 11.9 Å². The number of ether oxygens (including phenoxy) is 1. The van der Waals surface area contributed by atoms with Gasteiger partial charge in [-0.1, -0.05) is 184 Å². The van der Waals surface area contributed by atoms with Crippen LogP contribution in [0.4, 0.5) is 0 Å². The van der Waals surface area contributed by atoms with E-state index < -0.39 is 0 Å². The van der Waals surface area contributed by atoms with E-state index >= 15 is 0 Å². The van der Waals surface area contributed by atoms with Gasteiger partial charge in [-0.05, 0) is 61.7 Å². The predicted molar refractivity (Wildman–Crippen MR) is 193 cm³/mol. The Morgan fingerprint density at radius 1 is 0.442 bits per heavy atom. The molecule has 0 spiro atoms. The van der Waals surface area contributed by atoms with Gasteiger partial charge in [0.15, 0.2) is 0 Å². The number of esters is 1. The molecule has 0 aliphatic carbocycles. The maximum Gasteiger partial charge on any atom is 0.308 e. The number of carbonyl (C=O) groups excluding carboxylic acids is 1. The molecule has 2 heteroatoms. The van der Waals surface area contributed by atoms with Gasteiger partial charge in [0.2, 0.25) is 0 Å². The monoisotopic (exact) mass is 607 g/mol. The minimum absolute atomic E-state index is 0.0855. The highest BCUT2D eigenvalue weighted by Crippen LogP contribution is 2.34. The maximum atomic E-state index is 12.9. The molecule has 0 heterocycles. The molecule has 0 amide bonds. The fourth-order valence-corrected chi connectivity index (χ4v) is 7.08. The van der Waals surface area contributed by atoms with Crippen molar-refractivity contribution in [2.45, 2.75) is 216 Å². The molecule has 2 nitrogen and oxygen atoms in total. The lowest BCUT2D eigenvalue weighted by Crippen LogP contribution is -2.19. The summed E-state index contributed by atoms with van der Waals surface area (Å²) in [6, 6.07) is 0. The smallest absolute Gasteiger partial charge is 0.308 e. The zero-order valence-corrected chi connectivity index (χ0v) is 31.2. The van der Waals surface area contributed by atoms with Crippen molar-refractivity contribution in [3.8, 4) is 0 Å². The molecule has 0 saturated carbocycles. The van der Waals surface area contributed by atoms with Crippen molar-refractivity contribution in [2.75, 3.05) is 6.61 Å². The fourth-order valence-electron chi connectivity index (χ4n) is 7.08. The first kappa shape index (κ1) is 42.5. The summed E-state index contributed by atoms with van der Waals surface area (Å²) in [4.78, 5) is 12.9.